The molecular formula is C21H27IN4O2. The predicted octanol–water partition coefficient (Wildman–Crippen LogP) is 2.90. The van der Waals surface area contributed by atoms with Gasteiger partial charge in [0, 0.05) is 38.2 Å². The highest BCUT2D eigenvalue weighted by molar-refractivity contribution is 14.0. The van der Waals surface area contributed by atoms with Crippen molar-refractivity contribution >= 4 is 35.8 Å². The van der Waals surface area contributed by atoms with Gasteiger partial charge >= 0.3 is 0 Å². The quantitative estimate of drug-likeness (QED) is 0.340. The first-order valence-electron chi connectivity index (χ1n) is 9.21. The van der Waals surface area contributed by atoms with Gasteiger partial charge in [-0.25, -0.2) is 0 Å². The standard InChI is InChI=1S/C21H26N4O2.HI/c1-22-20(26)16-7-5-6-15(14-16)10-12-24-21(23-2)25-18-11-13-27-19-9-4-3-8-17(18)19;/h3-9,14,18H,10-13H2,1-2H3,(H,22,26)(H2,23,24,25);1H. The zero-order chi connectivity index (χ0) is 19.1. The number of para-hydroxylation sites is 1. The van der Waals surface area contributed by atoms with Crippen LogP contribution in [0.3, 0.4) is 0 Å². The summed E-state index contributed by atoms with van der Waals surface area (Å²) in [6.07, 6.45) is 1.70. The number of rotatable bonds is 5. The molecule has 0 radical (unpaired) electrons. The minimum absolute atomic E-state index is 0. The Morgan fingerprint density at radius 2 is 2.04 bits per heavy atom. The Labute approximate surface area is 183 Å². The second-order valence-electron chi connectivity index (χ2n) is 6.40. The van der Waals surface area contributed by atoms with Crippen molar-refractivity contribution in [1.82, 2.24) is 16.0 Å². The average Bonchev–Trinajstić information content (AvgIpc) is 2.72. The molecule has 3 N–H and O–H groups in total. The lowest BCUT2D eigenvalue weighted by atomic mass is 10.0. The van der Waals surface area contributed by atoms with Crippen molar-refractivity contribution in [2.45, 2.75) is 18.9 Å². The average molecular weight is 494 g/mol. The number of benzene rings is 2. The Morgan fingerprint density at radius 3 is 2.82 bits per heavy atom. The number of nitrogens with one attached hydrogen (secondary N) is 3. The van der Waals surface area contributed by atoms with E-state index in [0.29, 0.717) is 12.2 Å². The van der Waals surface area contributed by atoms with Gasteiger partial charge in [0.2, 0.25) is 0 Å². The first-order chi connectivity index (χ1) is 13.2. The molecule has 2 aromatic rings. The lowest BCUT2D eigenvalue weighted by molar-refractivity contribution is 0.0963. The SMILES string of the molecule is CN=C(NCCc1cccc(C(=O)NC)c1)NC1CCOc2ccccc21.I. The molecule has 1 atom stereocenters. The van der Waals surface area contributed by atoms with Gasteiger partial charge < -0.3 is 20.7 Å². The van der Waals surface area contributed by atoms with Crippen molar-refractivity contribution in [1.29, 1.82) is 0 Å². The molecule has 0 spiro atoms. The molecule has 0 saturated heterocycles. The molecule has 0 fully saturated rings. The first kappa shape index (κ1) is 22.0. The third-order valence-electron chi connectivity index (χ3n) is 4.62. The van der Waals surface area contributed by atoms with E-state index in [1.54, 1.807) is 14.1 Å². The van der Waals surface area contributed by atoms with E-state index in [4.69, 9.17) is 4.74 Å². The molecule has 7 heteroatoms. The van der Waals surface area contributed by atoms with Gasteiger partial charge in [-0.1, -0.05) is 30.3 Å². The molecule has 0 aromatic heterocycles. The third-order valence-corrected chi connectivity index (χ3v) is 4.62. The summed E-state index contributed by atoms with van der Waals surface area (Å²) in [5, 5.41) is 9.49. The topological polar surface area (TPSA) is 74.8 Å². The molecule has 0 aliphatic carbocycles. The van der Waals surface area contributed by atoms with Crippen LogP contribution in [-0.4, -0.2) is 39.1 Å². The Morgan fingerprint density at radius 1 is 1.21 bits per heavy atom. The normalized spacial score (nSPS) is 15.5. The summed E-state index contributed by atoms with van der Waals surface area (Å²) in [6, 6.07) is 16.0. The van der Waals surface area contributed by atoms with E-state index < -0.39 is 0 Å². The highest BCUT2D eigenvalue weighted by Crippen LogP contribution is 2.31. The van der Waals surface area contributed by atoms with E-state index in [1.807, 2.05) is 42.5 Å². The fraction of sp³-hybridized carbons (Fsp3) is 0.333. The van der Waals surface area contributed by atoms with Gasteiger partial charge in [-0.05, 0) is 30.2 Å². The monoisotopic (exact) mass is 494 g/mol. The van der Waals surface area contributed by atoms with Crippen LogP contribution in [0, 0.1) is 0 Å². The van der Waals surface area contributed by atoms with E-state index in [1.165, 1.54) is 0 Å². The minimum Gasteiger partial charge on any atom is -0.493 e. The number of nitrogens with zero attached hydrogens (tertiary/aromatic N) is 1. The number of halogens is 1. The molecule has 1 amide bonds. The fourth-order valence-electron chi connectivity index (χ4n) is 3.19. The summed E-state index contributed by atoms with van der Waals surface area (Å²) in [5.41, 5.74) is 2.94. The van der Waals surface area contributed by atoms with Gasteiger partial charge in [0.25, 0.3) is 5.91 Å². The molecule has 0 bridgehead atoms. The summed E-state index contributed by atoms with van der Waals surface area (Å²) >= 11 is 0. The molecule has 3 rings (SSSR count). The molecule has 1 heterocycles. The second kappa shape index (κ2) is 10.9. The van der Waals surface area contributed by atoms with Gasteiger partial charge in [0.1, 0.15) is 5.75 Å². The summed E-state index contributed by atoms with van der Waals surface area (Å²) in [6.45, 7) is 1.42. The van der Waals surface area contributed by atoms with E-state index in [0.717, 1.165) is 42.2 Å². The summed E-state index contributed by atoms with van der Waals surface area (Å²) in [7, 11) is 3.41. The van der Waals surface area contributed by atoms with Gasteiger partial charge in [0.15, 0.2) is 5.96 Å². The Kier molecular flexibility index (Phi) is 8.56. The molecule has 0 saturated carbocycles. The van der Waals surface area contributed by atoms with Crippen molar-refractivity contribution in [3.63, 3.8) is 0 Å². The van der Waals surface area contributed by atoms with Crippen molar-refractivity contribution in [2.75, 3.05) is 27.2 Å². The van der Waals surface area contributed by atoms with Crippen molar-refractivity contribution < 1.29 is 9.53 Å². The Hall–Kier alpha value is -2.29. The number of aliphatic imine (C=N–C) groups is 1. The maximum absolute atomic E-state index is 11.8. The number of hydrogen-bond donors (Lipinski definition) is 3. The summed E-state index contributed by atoms with van der Waals surface area (Å²) in [4.78, 5) is 16.1. The Balaban J connectivity index is 0.00000280. The lowest BCUT2D eigenvalue weighted by Crippen LogP contribution is -2.41. The molecule has 6 nitrogen and oxygen atoms in total. The summed E-state index contributed by atoms with van der Waals surface area (Å²) in [5.74, 6) is 1.63. The van der Waals surface area contributed by atoms with E-state index in [9.17, 15) is 4.79 Å². The zero-order valence-corrected chi connectivity index (χ0v) is 18.5. The molecular weight excluding hydrogens is 467 g/mol. The molecule has 1 aliphatic heterocycles. The van der Waals surface area contributed by atoms with Gasteiger partial charge in [-0.2, -0.15) is 0 Å². The summed E-state index contributed by atoms with van der Waals surface area (Å²) < 4.78 is 5.71. The van der Waals surface area contributed by atoms with Crippen molar-refractivity contribution in [3.8, 4) is 5.75 Å². The highest BCUT2D eigenvalue weighted by Gasteiger charge is 2.21. The maximum Gasteiger partial charge on any atom is 0.251 e. The number of fused-ring (bicyclic) bond motifs is 1. The Bertz CT molecular complexity index is 826. The van der Waals surface area contributed by atoms with E-state index in [-0.39, 0.29) is 35.9 Å². The van der Waals surface area contributed by atoms with Crippen molar-refractivity contribution in [3.05, 3.63) is 65.2 Å². The van der Waals surface area contributed by atoms with Gasteiger partial charge in [-0.3, -0.25) is 9.79 Å². The first-order valence-corrected chi connectivity index (χ1v) is 9.21. The van der Waals surface area contributed by atoms with Gasteiger partial charge in [-0.15, -0.1) is 24.0 Å². The van der Waals surface area contributed by atoms with Crippen LogP contribution >= 0.6 is 24.0 Å². The smallest absolute Gasteiger partial charge is 0.251 e. The maximum atomic E-state index is 11.8. The minimum atomic E-state index is -0.0690. The lowest BCUT2D eigenvalue weighted by Gasteiger charge is -2.28. The third kappa shape index (κ3) is 5.60. The highest BCUT2D eigenvalue weighted by atomic mass is 127. The zero-order valence-electron chi connectivity index (χ0n) is 16.2. The second-order valence-corrected chi connectivity index (χ2v) is 6.40. The number of hydrogen-bond acceptors (Lipinski definition) is 3. The molecule has 1 aliphatic rings. The number of guanidine groups is 1. The predicted molar refractivity (Wildman–Crippen MR) is 123 cm³/mol. The van der Waals surface area contributed by atoms with Crippen LogP contribution in [0.4, 0.5) is 0 Å². The molecule has 150 valence electrons. The number of carbonyl (C=O) groups is 1. The van der Waals surface area contributed by atoms with Crippen LogP contribution < -0.4 is 20.7 Å². The number of ether oxygens (including phenoxy) is 1. The van der Waals surface area contributed by atoms with Crippen LogP contribution in [-0.2, 0) is 6.42 Å². The van der Waals surface area contributed by atoms with Crippen LogP contribution in [0.25, 0.3) is 0 Å². The van der Waals surface area contributed by atoms with Crippen LogP contribution in [0.15, 0.2) is 53.5 Å². The van der Waals surface area contributed by atoms with Gasteiger partial charge in [0.05, 0.1) is 12.6 Å². The molecule has 28 heavy (non-hydrogen) atoms. The fourth-order valence-corrected chi connectivity index (χ4v) is 3.19. The van der Waals surface area contributed by atoms with E-state index >= 15 is 0 Å². The van der Waals surface area contributed by atoms with Crippen molar-refractivity contribution in [2.24, 2.45) is 4.99 Å². The molecule has 2 aromatic carbocycles. The van der Waals surface area contributed by atoms with Crippen LogP contribution in [0.5, 0.6) is 5.75 Å². The van der Waals surface area contributed by atoms with Crippen LogP contribution in [0.2, 0.25) is 0 Å². The van der Waals surface area contributed by atoms with Crippen LogP contribution in [0.1, 0.15) is 33.9 Å². The largest absolute Gasteiger partial charge is 0.493 e. The number of amides is 1. The number of carbonyl (C=O) groups excluding carboxylic acids is 1. The van der Waals surface area contributed by atoms with E-state index in [2.05, 4.69) is 27.0 Å². The molecule has 1 unspecified atom stereocenters.